The van der Waals surface area contributed by atoms with Gasteiger partial charge in [-0.15, -0.1) is 0 Å². The zero-order valence-electron chi connectivity index (χ0n) is 18.3. The van der Waals surface area contributed by atoms with Crippen LogP contribution >= 0.6 is 0 Å². The Morgan fingerprint density at radius 3 is 1.29 bits per heavy atom. The number of hydrogen-bond donors (Lipinski definition) is 0. The molecule has 0 atom stereocenters. The summed E-state index contributed by atoms with van der Waals surface area (Å²) in [5.74, 6) is 0. The topological polar surface area (TPSA) is 9.23 Å². The standard InChI is InChI=1S/C20H18.C10H12O/c1-20(17-11-5-2-6-12-17,18-13-7-3-8-14-18)19-15-9-4-10-16-19;1-2-8-11-9-10-6-4-3-5-7-10/h2-16H,1H3;2-8H,9H2,1H3. The van der Waals surface area contributed by atoms with Gasteiger partial charge in [-0.2, -0.15) is 0 Å². The van der Waals surface area contributed by atoms with Gasteiger partial charge in [0.25, 0.3) is 0 Å². The highest BCUT2D eigenvalue weighted by atomic mass is 16.5. The first-order valence-corrected chi connectivity index (χ1v) is 10.7. The molecule has 4 aromatic carbocycles. The van der Waals surface area contributed by atoms with Crippen molar-refractivity contribution in [1.29, 1.82) is 0 Å². The van der Waals surface area contributed by atoms with E-state index in [1.165, 1.54) is 22.3 Å². The third-order valence-corrected chi connectivity index (χ3v) is 5.38. The largest absolute Gasteiger partial charge is 0.497 e. The summed E-state index contributed by atoms with van der Waals surface area (Å²) in [6, 6.07) is 42.2. The molecule has 0 aliphatic heterocycles. The van der Waals surface area contributed by atoms with Gasteiger partial charge >= 0.3 is 0 Å². The molecule has 0 amide bonds. The Morgan fingerprint density at radius 1 is 0.581 bits per heavy atom. The summed E-state index contributed by atoms with van der Waals surface area (Å²) in [6.45, 7) is 4.89. The fourth-order valence-electron chi connectivity index (χ4n) is 3.63. The van der Waals surface area contributed by atoms with Crippen LogP contribution in [0, 0.1) is 0 Å². The maximum atomic E-state index is 5.19. The van der Waals surface area contributed by atoms with Crippen molar-refractivity contribution in [3.8, 4) is 0 Å². The van der Waals surface area contributed by atoms with Gasteiger partial charge < -0.3 is 4.74 Å². The van der Waals surface area contributed by atoms with E-state index >= 15 is 0 Å². The molecule has 0 radical (unpaired) electrons. The van der Waals surface area contributed by atoms with Crippen molar-refractivity contribution in [3.05, 3.63) is 156 Å². The molecule has 1 nitrogen and oxygen atoms in total. The van der Waals surface area contributed by atoms with Gasteiger partial charge in [-0.1, -0.05) is 127 Å². The number of allylic oxidation sites excluding steroid dienone is 1. The Kier molecular flexibility index (Phi) is 8.25. The predicted molar refractivity (Wildman–Crippen MR) is 131 cm³/mol. The van der Waals surface area contributed by atoms with E-state index in [-0.39, 0.29) is 5.41 Å². The van der Waals surface area contributed by atoms with Crippen LogP contribution in [0.25, 0.3) is 0 Å². The molecule has 156 valence electrons. The smallest absolute Gasteiger partial charge is 0.112 e. The summed E-state index contributed by atoms with van der Waals surface area (Å²) in [4.78, 5) is 0. The summed E-state index contributed by atoms with van der Waals surface area (Å²) in [7, 11) is 0. The Labute approximate surface area is 186 Å². The predicted octanol–water partition coefficient (Wildman–Crippen LogP) is 7.78. The highest BCUT2D eigenvalue weighted by molar-refractivity contribution is 5.49. The first-order valence-electron chi connectivity index (χ1n) is 10.7. The molecule has 0 aliphatic rings. The van der Waals surface area contributed by atoms with E-state index in [4.69, 9.17) is 4.74 Å². The Hall–Kier alpha value is -3.58. The van der Waals surface area contributed by atoms with Gasteiger partial charge in [-0.3, -0.25) is 0 Å². The number of benzene rings is 4. The second-order valence-electron chi connectivity index (χ2n) is 7.49. The van der Waals surface area contributed by atoms with Gasteiger partial charge in [0, 0.05) is 5.41 Å². The second-order valence-corrected chi connectivity index (χ2v) is 7.49. The molecule has 0 unspecified atom stereocenters. The fraction of sp³-hybridized carbons (Fsp3) is 0.133. The van der Waals surface area contributed by atoms with Crippen LogP contribution in [0.4, 0.5) is 0 Å². The zero-order valence-corrected chi connectivity index (χ0v) is 18.3. The minimum atomic E-state index is -0.121. The summed E-state index contributed by atoms with van der Waals surface area (Å²) in [5, 5.41) is 0. The average Bonchev–Trinajstić information content (AvgIpc) is 2.86. The third kappa shape index (κ3) is 5.96. The van der Waals surface area contributed by atoms with Crippen molar-refractivity contribution in [2.45, 2.75) is 25.9 Å². The molecule has 0 fully saturated rings. The van der Waals surface area contributed by atoms with Gasteiger partial charge in [0.05, 0.1) is 6.26 Å². The lowest BCUT2D eigenvalue weighted by atomic mass is 9.71. The van der Waals surface area contributed by atoms with E-state index < -0.39 is 0 Å². The lowest BCUT2D eigenvalue weighted by Crippen LogP contribution is -2.25. The van der Waals surface area contributed by atoms with Gasteiger partial charge in [-0.25, -0.2) is 0 Å². The number of ether oxygens (including phenoxy) is 1. The van der Waals surface area contributed by atoms with Crippen molar-refractivity contribution < 1.29 is 4.74 Å². The molecule has 0 aliphatic carbocycles. The summed E-state index contributed by atoms with van der Waals surface area (Å²) in [6.07, 6.45) is 3.58. The lowest BCUT2D eigenvalue weighted by molar-refractivity contribution is 0.236. The van der Waals surface area contributed by atoms with Crippen molar-refractivity contribution in [3.63, 3.8) is 0 Å². The minimum absolute atomic E-state index is 0.121. The van der Waals surface area contributed by atoms with E-state index in [2.05, 4.69) is 97.9 Å². The van der Waals surface area contributed by atoms with Crippen molar-refractivity contribution >= 4 is 0 Å². The molecule has 1 heteroatoms. The van der Waals surface area contributed by atoms with Gasteiger partial charge in [0.2, 0.25) is 0 Å². The number of hydrogen-bond acceptors (Lipinski definition) is 1. The molecule has 4 aromatic rings. The summed E-state index contributed by atoms with van der Waals surface area (Å²) >= 11 is 0. The van der Waals surface area contributed by atoms with E-state index in [1.54, 1.807) is 6.26 Å². The van der Waals surface area contributed by atoms with E-state index in [0.29, 0.717) is 6.61 Å². The fourth-order valence-corrected chi connectivity index (χ4v) is 3.63. The zero-order chi connectivity index (χ0) is 21.8. The van der Waals surface area contributed by atoms with Crippen LogP contribution in [-0.2, 0) is 16.8 Å². The molecule has 0 bridgehead atoms. The van der Waals surface area contributed by atoms with Crippen LogP contribution in [0.15, 0.2) is 134 Å². The summed E-state index contributed by atoms with van der Waals surface area (Å²) < 4.78 is 5.19. The second kappa shape index (κ2) is 11.6. The highest BCUT2D eigenvalue weighted by Crippen LogP contribution is 2.38. The normalized spacial score (nSPS) is 10.9. The molecule has 4 rings (SSSR count). The van der Waals surface area contributed by atoms with Crippen LogP contribution in [-0.4, -0.2) is 0 Å². The van der Waals surface area contributed by atoms with Crippen LogP contribution < -0.4 is 0 Å². The Bertz CT molecular complexity index is 926. The summed E-state index contributed by atoms with van der Waals surface area (Å²) in [5.41, 5.74) is 5.03. The quantitative estimate of drug-likeness (QED) is 0.235. The average molecular weight is 407 g/mol. The maximum Gasteiger partial charge on any atom is 0.112 e. The SMILES string of the molecule is CC(c1ccccc1)(c1ccccc1)c1ccccc1.CC=COCc1ccccc1. The molecular formula is C30H30O. The molecule has 0 spiro atoms. The van der Waals surface area contributed by atoms with E-state index in [9.17, 15) is 0 Å². The molecular weight excluding hydrogens is 376 g/mol. The maximum absolute atomic E-state index is 5.19. The van der Waals surface area contributed by atoms with E-state index in [1.807, 2.05) is 43.3 Å². The Balaban J connectivity index is 0.000000210. The highest BCUT2D eigenvalue weighted by Gasteiger charge is 2.30. The molecule has 0 saturated carbocycles. The van der Waals surface area contributed by atoms with Gasteiger partial charge in [0.1, 0.15) is 6.61 Å². The Morgan fingerprint density at radius 2 is 0.935 bits per heavy atom. The lowest BCUT2D eigenvalue weighted by Gasteiger charge is -2.31. The van der Waals surface area contributed by atoms with Gasteiger partial charge in [0.15, 0.2) is 0 Å². The van der Waals surface area contributed by atoms with Crippen molar-refractivity contribution in [2.75, 3.05) is 0 Å². The van der Waals surface area contributed by atoms with Crippen LogP contribution in [0.3, 0.4) is 0 Å². The van der Waals surface area contributed by atoms with Crippen molar-refractivity contribution in [2.24, 2.45) is 0 Å². The number of rotatable bonds is 6. The molecule has 0 aromatic heterocycles. The first kappa shape index (κ1) is 22.1. The molecule has 31 heavy (non-hydrogen) atoms. The molecule has 0 saturated heterocycles. The van der Waals surface area contributed by atoms with Crippen molar-refractivity contribution in [1.82, 2.24) is 0 Å². The van der Waals surface area contributed by atoms with Crippen LogP contribution in [0.2, 0.25) is 0 Å². The molecule has 0 heterocycles. The minimum Gasteiger partial charge on any atom is -0.497 e. The van der Waals surface area contributed by atoms with Crippen LogP contribution in [0.5, 0.6) is 0 Å². The third-order valence-electron chi connectivity index (χ3n) is 5.38. The van der Waals surface area contributed by atoms with Crippen LogP contribution in [0.1, 0.15) is 36.1 Å². The van der Waals surface area contributed by atoms with E-state index in [0.717, 1.165) is 0 Å². The van der Waals surface area contributed by atoms with Gasteiger partial charge in [-0.05, 0) is 36.1 Å². The monoisotopic (exact) mass is 406 g/mol. The first-order chi connectivity index (χ1) is 15.2. The molecule has 0 N–H and O–H groups in total.